The Morgan fingerprint density at radius 1 is 1.03 bits per heavy atom. The van der Waals surface area contributed by atoms with Crippen molar-refractivity contribution in [2.75, 3.05) is 26.1 Å². The van der Waals surface area contributed by atoms with Gasteiger partial charge in [-0.05, 0) is 60.2 Å². The van der Waals surface area contributed by atoms with Crippen molar-refractivity contribution in [1.29, 1.82) is 0 Å². The van der Waals surface area contributed by atoms with Gasteiger partial charge in [-0.3, -0.25) is 0 Å². The van der Waals surface area contributed by atoms with E-state index in [0.29, 0.717) is 16.6 Å². The van der Waals surface area contributed by atoms with Gasteiger partial charge in [0.15, 0.2) is 16.6 Å². The summed E-state index contributed by atoms with van der Waals surface area (Å²) >= 11 is 9.34. The minimum atomic E-state index is -0.0225. The fraction of sp³-hybridized carbons (Fsp3) is 0.227. The fourth-order valence-corrected chi connectivity index (χ4v) is 4.45. The van der Waals surface area contributed by atoms with Gasteiger partial charge in [-0.1, -0.05) is 28.1 Å². The molecule has 0 saturated heterocycles. The molecule has 150 valence electrons. The number of ether oxygens (including phenoxy) is 2. The van der Waals surface area contributed by atoms with Crippen molar-refractivity contribution < 1.29 is 9.47 Å². The Balaban J connectivity index is 1.70. The van der Waals surface area contributed by atoms with E-state index in [0.717, 1.165) is 28.8 Å². The number of hydrogen-bond donors (Lipinski definition) is 1. The average molecular weight is 472 g/mol. The van der Waals surface area contributed by atoms with Gasteiger partial charge in [0.2, 0.25) is 0 Å². The van der Waals surface area contributed by atoms with Crippen LogP contribution in [0, 0.1) is 0 Å². The van der Waals surface area contributed by atoms with E-state index >= 15 is 0 Å². The van der Waals surface area contributed by atoms with Gasteiger partial charge < -0.3 is 24.3 Å². The molecule has 1 atom stereocenters. The number of anilines is 1. The van der Waals surface area contributed by atoms with E-state index in [4.69, 9.17) is 21.7 Å². The lowest BCUT2D eigenvalue weighted by atomic mass is 9.99. The number of rotatable bonds is 4. The smallest absolute Gasteiger partial charge is 0.174 e. The van der Waals surface area contributed by atoms with Crippen molar-refractivity contribution in [3.63, 3.8) is 0 Å². The van der Waals surface area contributed by atoms with Crippen LogP contribution in [-0.2, 0) is 6.54 Å². The number of hydrogen-bond acceptors (Lipinski definition) is 3. The molecule has 0 amide bonds. The van der Waals surface area contributed by atoms with Gasteiger partial charge in [-0.25, -0.2) is 0 Å². The summed E-state index contributed by atoms with van der Waals surface area (Å²) < 4.78 is 14.2. The Bertz CT molecular complexity index is 1040. The molecule has 2 heterocycles. The summed E-state index contributed by atoms with van der Waals surface area (Å²) in [6, 6.07) is 18.3. The van der Waals surface area contributed by atoms with Crippen LogP contribution in [0.3, 0.4) is 0 Å². The largest absolute Gasteiger partial charge is 0.493 e. The molecule has 1 aliphatic rings. The molecule has 2 aromatic carbocycles. The molecule has 4 rings (SSSR count). The van der Waals surface area contributed by atoms with E-state index in [2.05, 4.69) is 55.1 Å². The van der Waals surface area contributed by atoms with Gasteiger partial charge in [-0.15, -0.1) is 0 Å². The second-order valence-corrected chi connectivity index (χ2v) is 8.08. The molecule has 0 saturated carbocycles. The number of halogens is 1. The lowest BCUT2D eigenvalue weighted by molar-refractivity contribution is 0.291. The number of nitrogens with one attached hydrogen (secondary N) is 1. The number of nitrogens with zero attached hydrogens (tertiary/aromatic N) is 2. The van der Waals surface area contributed by atoms with Gasteiger partial charge >= 0.3 is 0 Å². The van der Waals surface area contributed by atoms with Crippen LogP contribution < -0.4 is 14.8 Å². The Morgan fingerprint density at radius 3 is 2.62 bits per heavy atom. The first-order valence-electron chi connectivity index (χ1n) is 9.31. The molecule has 1 aromatic heterocycles. The van der Waals surface area contributed by atoms with E-state index in [1.165, 1.54) is 5.69 Å². The topological polar surface area (TPSA) is 38.7 Å². The molecule has 3 aromatic rings. The third kappa shape index (κ3) is 3.97. The number of benzene rings is 2. The van der Waals surface area contributed by atoms with Crippen LogP contribution in [0.2, 0.25) is 0 Å². The number of thiocarbonyl (C=S) groups is 1. The standard InChI is InChI=1S/C22H22BrN3O2S/c1-27-19-9-8-15(13-20(19)28-2)21-18-7-4-10-25(18)11-12-26(21)22(29)24-17-6-3-5-16(23)14-17/h3-10,13-14,21H,11-12H2,1-2H3,(H,24,29)/t21-/m1/s1. The minimum Gasteiger partial charge on any atom is -0.493 e. The second-order valence-electron chi connectivity index (χ2n) is 6.78. The third-order valence-corrected chi connectivity index (χ3v) is 5.93. The third-order valence-electron chi connectivity index (χ3n) is 5.10. The van der Waals surface area contributed by atoms with Crippen molar-refractivity contribution in [2.24, 2.45) is 0 Å². The fourth-order valence-electron chi connectivity index (χ4n) is 3.74. The highest BCUT2D eigenvalue weighted by atomic mass is 79.9. The van der Waals surface area contributed by atoms with E-state index < -0.39 is 0 Å². The zero-order valence-corrected chi connectivity index (χ0v) is 18.7. The SMILES string of the molecule is COc1ccc([C@@H]2c3cccn3CCN2C(=S)Nc2cccc(Br)c2)cc1OC. The molecule has 0 spiro atoms. The molecule has 5 nitrogen and oxygen atoms in total. The van der Waals surface area contributed by atoms with Gasteiger partial charge in [-0.2, -0.15) is 0 Å². The van der Waals surface area contributed by atoms with Crippen LogP contribution in [0.15, 0.2) is 65.3 Å². The number of methoxy groups -OCH3 is 2. The molecule has 0 aliphatic carbocycles. The van der Waals surface area contributed by atoms with Crippen molar-refractivity contribution in [3.8, 4) is 11.5 Å². The minimum absolute atomic E-state index is 0.0225. The summed E-state index contributed by atoms with van der Waals surface area (Å²) in [5.41, 5.74) is 3.25. The Morgan fingerprint density at radius 2 is 1.86 bits per heavy atom. The van der Waals surface area contributed by atoms with E-state index in [9.17, 15) is 0 Å². The summed E-state index contributed by atoms with van der Waals surface area (Å²) in [6.07, 6.45) is 2.12. The molecule has 7 heteroatoms. The van der Waals surface area contributed by atoms with Crippen molar-refractivity contribution in [2.45, 2.75) is 12.6 Å². The predicted octanol–water partition coefficient (Wildman–Crippen LogP) is 5.07. The number of fused-ring (bicyclic) bond motifs is 1. The summed E-state index contributed by atoms with van der Waals surface area (Å²) in [5, 5.41) is 4.08. The Kier molecular flexibility index (Phi) is 5.78. The average Bonchev–Trinajstić information content (AvgIpc) is 3.21. The zero-order valence-electron chi connectivity index (χ0n) is 16.3. The summed E-state index contributed by atoms with van der Waals surface area (Å²) in [5.74, 6) is 1.42. The quantitative estimate of drug-likeness (QED) is 0.537. The molecule has 0 unspecified atom stereocenters. The normalized spacial score (nSPS) is 15.6. The second kappa shape index (κ2) is 8.47. The molecular weight excluding hydrogens is 450 g/mol. The molecule has 0 fully saturated rings. The zero-order chi connectivity index (χ0) is 20.4. The maximum Gasteiger partial charge on any atom is 0.174 e. The van der Waals surface area contributed by atoms with Gasteiger partial charge in [0.25, 0.3) is 0 Å². The highest BCUT2D eigenvalue weighted by molar-refractivity contribution is 9.10. The van der Waals surface area contributed by atoms with Gasteiger partial charge in [0.05, 0.1) is 20.3 Å². The van der Waals surface area contributed by atoms with E-state index in [-0.39, 0.29) is 6.04 Å². The van der Waals surface area contributed by atoms with Gasteiger partial charge in [0, 0.05) is 35.1 Å². The van der Waals surface area contributed by atoms with Crippen molar-refractivity contribution in [1.82, 2.24) is 9.47 Å². The highest BCUT2D eigenvalue weighted by Crippen LogP contribution is 2.37. The van der Waals surface area contributed by atoms with Crippen LogP contribution in [0.25, 0.3) is 0 Å². The number of aromatic nitrogens is 1. The maximum atomic E-state index is 5.82. The monoisotopic (exact) mass is 471 g/mol. The van der Waals surface area contributed by atoms with Crippen LogP contribution in [-0.4, -0.2) is 35.3 Å². The van der Waals surface area contributed by atoms with E-state index in [1.807, 2.05) is 36.4 Å². The summed E-state index contributed by atoms with van der Waals surface area (Å²) in [6.45, 7) is 1.69. The molecule has 1 N–H and O–H groups in total. The lowest BCUT2D eigenvalue weighted by Gasteiger charge is -2.39. The van der Waals surface area contributed by atoms with Crippen LogP contribution in [0.1, 0.15) is 17.3 Å². The van der Waals surface area contributed by atoms with Crippen molar-refractivity contribution in [3.05, 3.63) is 76.5 Å². The van der Waals surface area contributed by atoms with Crippen LogP contribution >= 0.6 is 28.1 Å². The first kappa shape index (κ1) is 19.8. The lowest BCUT2D eigenvalue weighted by Crippen LogP contribution is -2.44. The Labute approximate surface area is 184 Å². The highest BCUT2D eigenvalue weighted by Gasteiger charge is 2.31. The van der Waals surface area contributed by atoms with E-state index in [1.54, 1.807) is 14.2 Å². The molecule has 1 aliphatic heterocycles. The first-order chi connectivity index (χ1) is 14.1. The summed E-state index contributed by atoms with van der Waals surface area (Å²) in [7, 11) is 3.30. The summed E-state index contributed by atoms with van der Waals surface area (Å²) in [4.78, 5) is 2.23. The first-order valence-corrected chi connectivity index (χ1v) is 10.5. The molecular formula is C22H22BrN3O2S. The van der Waals surface area contributed by atoms with Crippen molar-refractivity contribution >= 4 is 38.9 Å². The van der Waals surface area contributed by atoms with Gasteiger partial charge in [0.1, 0.15) is 0 Å². The Hall–Kier alpha value is -2.51. The maximum absolute atomic E-state index is 5.82. The van der Waals surface area contributed by atoms with Crippen LogP contribution in [0.4, 0.5) is 5.69 Å². The molecule has 0 bridgehead atoms. The molecule has 29 heavy (non-hydrogen) atoms. The molecule has 0 radical (unpaired) electrons. The predicted molar refractivity (Wildman–Crippen MR) is 123 cm³/mol. The van der Waals surface area contributed by atoms with Crippen LogP contribution in [0.5, 0.6) is 11.5 Å².